The average molecular weight is 391 g/mol. The van der Waals surface area contributed by atoms with Crippen molar-refractivity contribution in [3.8, 4) is 0 Å². The van der Waals surface area contributed by atoms with Crippen molar-refractivity contribution in [2.24, 2.45) is 11.8 Å². The molecule has 0 atom stereocenters. The summed E-state index contributed by atoms with van der Waals surface area (Å²) >= 11 is 0. The van der Waals surface area contributed by atoms with E-state index in [2.05, 4.69) is 27.7 Å². The molecule has 0 spiro atoms. The highest BCUT2D eigenvalue weighted by Crippen LogP contribution is 2.08. The fraction of sp³-hybridized carbons (Fsp3) is 0.632. The maximum Gasteiger partial charge on any atom is 0.302 e. The molecular weight excluding hydrogens is 356 g/mol. The molecule has 0 unspecified atom stereocenters. The van der Waals surface area contributed by atoms with Crippen molar-refractivity contribution in [2.45, 2.75) is 59.3 Å². The topological polar surface area (TPSA) is 101 Å². The third-order valence-corrected chi connectivity index (χ3v) is 3.89. The van der Waals surface area contributed by atoms with Crippen LogP contribution in [0.1, 0.15) is 53.0 Å². The molecule has 0 aliphatic rings. The molecule has 0 amide bonds. The van der Waals surface area contributed by atoms with E-state index in [9.17, 15) is 13.2 Å². The van der Waals surface area contributed by atoms with Crippen molar-refractivity contribution in [1.82, 2.24) is 0 Å². The molecule has 6 nitrogen and oxygen atoms in total. The van der Waals surface area contributed by atoms with E-state index in [1.54, 1.807) is 12.1 Å². The molecule has 1 aromatic rings. The molecule has 0 bridgehead atoms. The first-order valence-corrected chi connectivity index (χ1v) is 10.1. The molecule has 2 N–H and O–H groups in total. The van der Waals surface area contributed by atoms with E-state index in [0.29, 0.717) is 25.0 Å². The summed E-state index contributed by atoms with van der Waals surface area (Å²) in [7, 11) is -4.02. The van der Waals surface area contributed by atoms with Gasteiger partial charge in [-0.2, -0.15) is 8.42 Å². The number of ether oxygens (including phenoxy) is 1. The van der Waals surface area contributed by atoms with Gasteiger partial charge in [0, 0.05) is 13.5 Å². The molecule has 0 aliphatic carbocycles. The van der Waals surface area contributed by atoms with Crippen LogP contribution in [-0.4, -0.2) is 37.3 Å². The Morgan fingerprint density at radius 3 is 1.77 bits per heavy atom. The van der Waals surface area contributed by atoms with Crippen molar-refractivity contribution in [2.75, 3.05) is 13.2 Å². The van der Waals surface area contributed by atoms with Crippen LogP contribution in [0.4, 0.5) is 0 Å². The van der Waals surface area contributed by atoms with Gasteiger partial charge in [-0.05, 0) is 43.7 Å². The number of esters is 1. The zero-order valence-electron chi connectivity index (χ0n) is 16.7. The number of benzene rings is 1. The SMILES string of the molecule is CC(=O)OCCC(C)C.CC(C)CCO.Cc1ccc(S(=O)(=O)O)cc1. The number of hydrogen-bond acceptors (Lipinski definition) is 5. The van der Waals surface area contributed by atoms with E-state index in [4.69, 9.17) is 14.4 Å². The number of carbonyl (C=O) groups is 1. The first kappa shape index (κ1) is 26.8. The largest absolute Gasteiger partial charge is 0.466 e. The zero-order chi connectivity index (χ0) is 20.8. The standard InChI is InChI=1S/C7H8O3S.C7H14O2.C5H12O/c1-6-2-4-7(5-3-6)11(8,9)10;1-6(2)4-5-9-7(3)8;1-5(2)3-4-6/h2-5H,1H3,(H,8,9,10);6H,4-5H2,1-3H3;5-6H,3-4H2,1-2H3. The molecule has 152 valence electrons. The molecule has 0 fully saturated rings. The normalized spacial score (nSPS) is 10.5. The lowest BCUT2D eigenvalue weighted by Crippen LogP contribution is -2.02. The Balaban J connectivity index is 0. The number of aliphatic hydroxyl groups excluding tert-OH is 1. The first-order valence-electron chi connectivity index (χ1n) is 8.68. The van der Waals surface area contributed by atoms with Gasteiger partial charge in [-0.15, -0.1) is 0 Å². The lowest BCUT2D eigenvalue weighted by atomic mass is 10.1. The molecule has 26 heavy (non-hydrogen) atoms. The van der Waals surface area contributed by atoms with Crippen LogP contribution in [0, 0.1) is 18.8 Å². The number of aryl methyl sites for hydroxylation is 1. The van der Waals surface area contributed by atoms with Gasteiger partial charge in [0.05, 0.1) is 11.5 Å². The molecule has 0 radical (unpaired) electrons. The Morgan fingerprint density at radius 1 is 1.04 bits per heavy atom. The zero-order valence-corrected chi connectivity index (χ0v) is 17.5. The van der Waals surface area contributed by atoms with Gasteiger partial charge in [-0.25, -0.2) is 0 Å². The summed E-state index contributed by atoms with van der Waals surface area (Å²) in [6.45, 7) is 12.6. The summed E-state index contributed by atoms with van der Waals surface area (Å²) in [5, 5.41) is 8.24. The van der Waals surface area contributed by atoms with Crippen LogP contribution in [0.25, 0.3) is 0 Å². The lowest BCUT2D eigenvalue weighted by molar-refractivity contribution is -0.141. The van der Waals surface area contributed by atoms with Gasteiger partial charge in [0.25, 0.3) is 10.1 Å². The number of rotatable bonds is 6. The maximum absolute atomic E-state index is 10.5. The van der Waals surface area contributed by atoms with Crippen molar-refractivity contribution in [3.05, 3.63) is 29.8 Å². The van der Waals surface area contributed by atoms with Gasteiger partial charge in [-0.1, -0.05) is 45.4 Å². The maximum atomic E-state index is 10.5. The highest BCUT2D eigenvalue weighted by molar-refractivity contribution is 7.85. The van der Waals surface area contributed by atoms with Crippen LogP contribution in [0.3, 0.4) is 0 Å². The van der Waals surface area contributed by atoms with E-state index in [-0.39, 0.29) is 10.9 Å². The van der Waals surface area contributed by atoms with Gasteiger partial charge in [-0.3, -0.25) is 9.35 Å². The van der Waals surface area contributed by atoms with E-state index in [1.807, 2.05) is 6.92 Å². The number of aliphatic hydroxyl groups is 1. The smallest absolute Gasteiger partial charge is 0.302 e. The first-order chi connectivity index (χ1) is 11.9. The van der Waals surface area contributed by atoms with Crippen LogP contribution < -0.4 is 0 Å². The number of hydrogen-bond donors (Lipinski definition) is 2. The van der Waals surface area contributed by atoms with Gasteiger partial charge >= 0.3 is 5.97 Å². The van der Waals surface area contributed by atoms with Crippen molar-refractivity contribution < 1.29 is 27.6 Å². The van der Waals surface area contributed by atoms with E-state index >= 15 is 0 Å². The van der Waals surface area contributed by atoms with Gasteiger partial charge < -0.3 is 9.84 Å². The Labute approximate surface area is 158 Å². The Hall–Kier alpha value is -1.44. The summed E-state index contributed by atoms with van der Waals surface area (Å²) in [5.41, 5.74) is 0.956. The molecule has 0 heterocycles. The molecule has 0 aromatic heterocycles. The van der Waals surface area contributed by atoms with Crippen molar-refractivity contribution >= 4 is 16.1 Å². The average Bonchev–Trinajstić information content (AvgIpc) is 2.47. The second-order valence-corrected chi connectivity index (χ2v) is 8.14. The van der Waals surface area contributed by atoms with Crippen LogP contribution in [-0.2, 0) is 19.6 Å². The fourth-order valence-corrected chi connectivity index (χ4v) is 1.89. The Kier molecular flexibility index (Phi) is 15.1. The molecule has 0 aliphatic heterocycles. The second kappa shape index (κ2) is 14.7. The summed E-state index contributed by atoms with van der Waals surface area (Å²) in [4.78, 5) is 10.1. The monoisotopic (exact) mass is 390 g/mol. The van der Waals surface area contributed by atoms with E-state index in [0.717, 1.165) is 18.4 Å². The van der Waals surface area contributed by atoms with Crippen molar-refractivity contribution in [3.63, 3.8) is 0 Å². The molecule has 0 saturated carbocycles. The minimum atomic E-state index is -4.02. The Bertz CT molecular complexity index is 577. The predicted molar refractivity (Wildman–Crippen MR) is 104 cm³/mol. The van der Waals surface area contributed by atoms with E-state index < -0.39 is 10.1 Å². The quantitative estimate of drug-likeness (QED) is 0.565. The summed E-state index contributed by atoms with van der Waals surface area (Å²) < 4.78 is 34.3. The predicted octanol–water partition coefficient (Wildman–Crippen LogP) is 3.86. The van der Waals surface area contributed by atoms with Gasteiger partial charge in [0.15, 0.2) is 0 Å². The highest BCUT2D eigenvalue weighted by atomic mass is 32.2. The minimum Gasteiger partial charge on any atom is -0.466 e. The van der Waals surface area contributed by atoms with E-state index in [1.165, 1.54) is 19.1 Å². The third-order valence-electron chi connectivity index (χ3n) is 3.03. The van der Waals surface area contributed by atoms with Crippen molar-refractivity contribution in [1.29, 1.82) is 0 Å². The summed E-state index contributed by atoms with van der Waals surface area (Å²) in [6.07, 6.45) is 1.89. The summed E-state index contributed by atoms with van der Waals surface area (Å²) in [6, 6.07) is 5.99. The highest BCUT2D eigenvalue weighted by Gasteiger charge is 2.06. The second-order valence-electron chi connectivity index (χ2n) is 6.72. The molecular formula is C19H34O6S. The molecule has 7 heteroatoms. The Morgan fingerprint density at radius 2 is 1.50 bits per heavy atom. The lowest BCUT2D eigenvalue weighted by Gasteiger charge is -2.02. The fourth-order valence-electron chi connectivity index (χ4n) is 1.41. The van der Waals surface area contributed by atoms with Crippen LogP contribution in [0.5, 0.6) is 0 Å². The summed E-state index contributed by atoms with van der Waals surface area (Å²) in [5.74, 6) is 1.08. The number of carbonyl (C=O) groups excluding carboxylic acids is 1. The molecule has 1 rings (SSSR count). The van der Waals surface area contributed by atoms with Crippen LogP contribution in [0.2, 0.25) is 0 Å². The third kappa shape index (κ3) is 18.9. The minimum absolute atomic E-state index is 0.0666. The van der Waals surface area contributed by atoms with Crippen LogP contribution in [0.15, 0.2) is 29.2 Å². The van der Waals surface area contributed by atoms with Gasteiger partial charge in [0.2, 0.25) is 0 Å². The molecule has 0 saturated heterocycles. The molecule has 1 aromatic carbocycles. The van der Waals surface area contributed by atoms with Gasteiger partial charge in [0.1, 0.15) is 0 Å². The van der Waals surface area contributed by atoms with Crippen LogP contribution >= 0.6 is 0 Å².